The zero-order valence-corrected chi connectivity index (χ0v) is 12.6. The maximum absolute atomic E-state index is 12.0. The summed E-state index contributed by atoms with van der Waals surface area (Å²) in [6.45, 7) is 8.53. The van der Waals surface area contributed by atoms with E-state index in [-0.39, 0.29) is 11.0 Å². The zero-order chi connectivity index (χ0) is 14.8. The lowest BCUT2D eigenvalue weighted by molar-refractivity contribution is 0.0525. The van der Waals surface area contributed by atoms with Gasteiger partial charge in [-0.05, 0) is 36.7 Å². The first-order chi connectivity index (χ1) is 8.67. The second kappa shape index (κ2) is 5.56. The fourth-order valence-corrected chi connectivity index (χ4v) is 1.72. The van der Waals surface area contributed by atoms with E-state index in [1.165, 1.54) is 6.08 Å². The third-order valence-corrected chi connectivity index (χ3v) is 2.57. The second-order valence-electron chi connectivity index (χ2n) is 4.81. The van der Waals surface area contributed by atoms with Gasteiger partial charge in [0.2, 0.25) is 0 Å². The van der Waals surface area contributed by atoms with Crippen molar-refractivity contribution in [3.8, 4) is 0 Å². The molecule has 0 aliphatic rings. The summed E-state index contributed by atoms with van der Waals surface area (Å²) in [7, 11) is 0. The molecule has 0 fully saturated rings. The van der Waals surface area contributed by atoms with E-state index >= 15 is 0 Å². The lowest BCUT2D eigenvalue weighted by atomic mass is 10.2. The minimum absolute atomic E-state index is 0.0138. The van der Waals surface area contributed by atoms with Crippen LogP contribution in [0, 0.1) is 0 Å². The van der Waals surface area contributed by atoms with Crippen LogP contribution in [0.1, 0.15) is 20.8 Å². The minimum atomic E-state index is -0.837. The van der Waals surface area contributed by atoms with Gasteiger partial charge >= 0.3 is 11.8 Å². The van der Waals surface area contributed by atoms with Gasteiger partial charge in [-0.25, -0.2) is 14.2 Å². The van der Waals surface area contributed by atoms with E-state index in [0.29, 0.717) is 0 Å². The molecule has 0 spiro atoms. The summed E-state index contributed by atoms with van der Waals surface area (Å²) in [6.07, 6.45) is 1.67. The molecule has 0 aliphatic carbocycles. The Morgan fingerprint density at radius 3 is 2.53 bits per heavy atom. The van der Waals surface area contributed by atoms with Gasteiger partial charge in [0.15, 0.2) is 0 Å². The number of rotatable bonds is 2. The molecule has 0 saturated heterocycles. The molecule has 0 unspecified atom stereocenters. The van der Waals surface area contributed by atoms with E-state index in [4.69, 9.17) is 4.74 Å². The highest BCUT2D eigenvalue weighted by atomic mass is 79.9. The molecule has 1 aromatic rings. The zero-order valence-electron chi connectivity index (χ0n) is 11.0. The predicted molar refractivity (Wildman–Crippen MR) is 74.5 cm³/mol. The van der Waals surface area contributed by atoms with Gasteiger partial charge in [0.25, 0.3) is 5.56 Å². The Morgan fingerprint density at radius 2 is 2.05 bits per heavy atom. The fraction of sp³-hybridized carbons (Fsp3) is 0.417. The van der Waals surface area contributed by atoms with Gasteiger partial charge in [0.1, 0.15) is 5.60 Å². The topological polar surface area (TPSA) is 70.3 Å². The maximum Gasteiger partial charge on any atom is 0.422 e. The molecule has 104 valence electrons. The Labute approximate surface area is 118 Å². The molecule has 1 rings (SSSR count). The van der Waals surface area contributed by atoms with Gasteiger partial charge < -0.3 is 4.74 Å². The predicted octanol–water partition coefficient (Wildman–Crippen LogP) is 1.74. The van der Waals surface area contributed by atoms with Crippen molar-refractivity contribution in [1.82, 2.24) is 9.13 Å². The van der Waals surface area contributed by atoms with Crippen molar-refractivity contribution >= 4 is 22.0 Å². The van der Waals surface area contributed by atoms with Crippen LogP contribution in [-0.4, -0.2) is 20.8 Å². The van der Waals surface area contributed by atoms with E-state index in [1.54, 1.807) is 20.8 Å². The fourth-order valence-electron chi connectivity index (χ4n) is 1.30. The first-order valence-corrected chi connectivity index (χ1v) is 6.33. The quantitative estimate of drug-likeness (QED) is 0.774. The van der Waals surface area contributed by atoms with E-state index in [1.807, 2.05) is 0 Å². The third-order valence-electron chi connectivity index (χ3n) is 2.03. The van der Waals surface area contributed by atoms with E-state index < -0.39 is 22.9 Å². The summed E-state index contributed by atoms with van der Waals surface area (Å²) in [4.78, 5) is 35.6. The second-order valence-corrected chi connectivity index (χ2v) is 5.67. The SMILES string of the molecule is C=CCn1c(=O)c(Br)cn(C(=O)OC(C)(C)C)c1=O. The molecule has 19 heavy (non-hydrogen) atoms. The summed E-state index contributed by atoms with van der Waals surface area (Å²) < 4.78 is 6.83. The number of halogens is 1. The molecule has 0 radical (unpaired) electrons. The minimum Gasteiger partial charge on any atom is -0.443 e. The number of ether oxygens (including phenoxy) is 1. The Hall–Kier alpha value is -1.63. The Morgan fingerprint density at radius 1 is 1.47 bits per heavy atom. The Kier molecular flexibility index (Phi) is 4.52. The van der Waals surface area contributed by atoms with Crippen LogP contribution < -0.4 is 11.2 Å². The van der Waals surface area contributed by atoms with Crippen LogP contribution in [0.15, 0.2) is 32.9 Å². The average Bonchev–Trinajstić information content (AvgIpc) is 2.27. The summed E-state index contributed by atoms with van der Waals surface area (Å²) in [5.41, 5.74) is -2.02. The van der Waals surface area contributed by atoms with Gasteiger partial charge in [-0.3, -0.25) is 9.36 Å². The van der Waals surface area contributed by atoms with E-state index in [2.05, 4.69) is 22.5 Å². The molecule has 0 amide bonds. The van der Waals surface area contributed by atoms with Gasteiger partial charge in [-0.1, -0.05) is 6.08 Å². The van der Waals surface area contributed by atoms with Crippen molar-refractivity contribution in [3.63, 3.8) is 0 Å². The van der Waals surface area contributed by atoms with Crippen molar-refractivity contribution in [2.75, 3.05) is 0 Å². The normalized spacial score (nSPS) is 11.2. The van der Waals surface area contributed by atoms with Crippen LogP contribution in [0.2, 0.25) is 0 Å². The van der Waals surface area contributed by atoms with Crippen molar-refractivity contribution in [2.24, 2.45) is 0 Å². The van der Waals surface area contributed by atoms with Gasteiger partial charge in [0, 0.05) is 12.7 Å². The summed E-state index contributed by atoms with van der Waals surface area (Å²) in [5.74, 6) is 0. The highest BCUT2D eigenvalue weighted by Gasteiger charge is 2.21. The molecule has 1 heterocycles. The highest BCUT2D eigenvalue weighted by Crippen LogP contribution is 2.08. The molecular weight excluding hydrogens is 316 g/mol. The third kappa shape index (κ3) is 3.66. The van der Waals surface area contributed by atoms with Crippen LogP contribution in [0.5, 0.6) is 0 Å². The first-order valence-electron chi connectivity index (χ1n) is 5.53. The molecule has 0 N–H and O–H groups in total. The molecule has 1 aromatic heterocycles. The smallest absolute Gasteiger partial charge is 0.422 e. The van der Waals surface area contributed by atoms with Crippen LogP contribution in [0.25, 0.3) is 0 Å². The molecule has 0 aliphatic heterocycles. The van der Waals surface area contributed by atoms with Gasteiger partial charge in [-0.15, -0.1) is 6.58 Å². The molecule has 7 heteroatoms. The lowest BCUT2D eigenvalue weighted by Crippen LogP contribution is -2.43. The van der Waals surface area contributed by atoms with Crippen LogP contribution in [0.3, 0.4) is 0 Å². The molecule has 0 aromatic carbocycles. The largest absolute Gasteiger partial charge is 0.443 e. The van der Waals surface area contributed by atoms with Crippen molar-refractivity contribution in [1.29, 1.82) is 0 Å². The maximum atomic E-state index is 12.0. The summed E-state index contributed by atoms with van der Waals surface area (Å²) >= 11 is 3.01. The first kappa shape index (κ1) is 15.4. The molecule has 0 bridgehead atoms. The standard InChI is InChI=1S/C12H15BrN2O4/c1-5-6-14-9(16)8(13)7-15(10(14)17)11(18)19-12(2,3)4/h5,7H,1,6H2,2-4H3. The van der Waals surface area contributed by atoms with Crippen LogP contribution in [-0.2, 0) is 11.3 Å². The summed E-state index contributed by atoms with van der Waals surface area (Å²) in [5, 5.41) is 0. The number of hydrogen-bond donors (Lipinski definition) is 0. The lowest BCUT2D eigenvalue weighted by Gasteiger charge is -2.20. The van der Waals surface area contributed by atoms with E-state index in [0.717, 1.165) is 15.3 Å². The monoisotopic (exact) mass is 330 g/mol. The van der Waals surface area contributed by atoms with Gasteiger partial charge in [-0.2, -0.15) is 0 Å². The Balaban J connectivity index is 3.38. The number of allylic oxidation sites excluding steroid dienone is 1. The number of carbonyl (C=O) groups excluding carboxylic acids is 1. The van der Waals surface area contributed by atoms with Crippen LogP contribution in [0.4, 0.5) is 4.79 Å². The molecule has 6 nitrogen and oxygen atoms in total. The van der Waals surface area contributed by atoms with Crippen molar-refractivity contribution in [2.45, 2.75) is 32.9 Å². The molecular formula is C12H15BrN2O4. The average molecular weight is 331 g/mol. The van der Waals surface area contributed by atoms with Crippen molar-refractivity contribution in [3.05, 3.63) is 44.2 Å². The molecule has 0 saturated carbocycles. The van der Waals surface area contributed by atoms with Gasteiger partial charge in [0.05, 0.1) is 4.47 Å². The van der Waals surface area contributed by atoms with Crippen LogP contribution >= 0.6 is 15.9 Å². The number of nitrogens with zero attached hydrogens (tertiary/aromatic N) is 2. The van der Waals surface area contributed by atoms with Crippen molar-refractivity contribution < 1.29 is 9.53 Å². The number of aromatic nitrogens is 2. The molecule has 0 atom stereocenters. The number of carbonyl (C=O) groups is 1. The number of hydrogen-bond acceptors (Lipinski definition) is 4. The van der Waals surface area contributed by atoms with E-state index in [9.17, 15) is 14.4 Å². The Bertz CT molecular complexity index is 622. The summed E-state index contributed by atoms with van der Waals surface area (Å²) in [6, 6.07) is 0. The highest BCUT2D eigenvalue weighted by molar-refractivity contribution is 9.10.